The minimum atomic E-state index is -0.667. The molecule has 32 heavy (non-hydrogen) atoms. The third-order valence-corrected chi connectivity index (χ3v) is 5.45. The number of rotatable bonds is 5. The molecule has 1 heterocycles. The van der Waals surface area contributed by atoms with E-state index < -0.39 is 11.3 Å². The Balaban J connectivity index is 2.03. The predicted molar refractivity (Wildman–Crippen MR) is 122 cm³/mol. The highest BCUT2D eigenvalue weighted by atomic mass is 35.5. The molecule has 1 aliphatic rings. The van der Waals surface area contributed by atoms with Gasteiger partial charge in [0.2, 0.25) is 5.88 Å². The van der Waals surface area contributed by atoms with Gasteiger partial charge in [0.15, 0.2) is 11.5 Å². The van der Waals surface area contributed by atoms with Crippen LogP contribution < -0.4 is 15.2 Å². The summed E-state index contributed by atoms with van der Waals surface area (Å²) in [7, 11) is 1.53. The van der Waals surface area contributed by atoms with Crippen molar-refractivity contribution in [1.82, 2.24) is 0 Å². The molecule has 0 saturated carbocycles. The number of hydrogen-bond acceptors (Lipinski definition) is 6. The molecule has 0 amide bonds. The Labute approximate surface area is 193 Å². The van der Waals surface area contributed by atoms with Gasteiger partial charge in [0.05, 0.1) is 24.7 Å². The Kier molecular flexibility index (Phi) is 6.67. The molecule has 3 rings (SSSR count). The van der Waals surface area contributed by atoms with Crippen LogP contribution in [0.2, 0.25) is 5.02 Å². The van der Waals surface area contributed by atoms with Crippen LogP contribution in [0.1, 0.15) is 37.8 Å². The number of methoxy groups -OCH3 is 1. The molecule has 2 aromatic carbocycles. The zero-order valence-electron chi connectivity index (χ0n) is 18.4. The van der Waals surface area contributed by atoms with Crippen molar-refractivity contribution >= 4 is 11.6 Å². The second-order valence-electron chi connectivity index (χ2n) is 8.32. The number of nitriles is 2. The summed E-state index contributed by atoms with van der Waals surface area (Å²) < 4.78 is 17.2. The van der Waals surface area contributed by atoms with Crippen LogP contribution in [0.25, 0.3) is 0 Å². The summed E-state index contributed by atoms with van der Waals surface area (Å²) >= 11 is 6.21. The first-order valence-corrected chi connectivity index (χ1v) is 10.4. The summed E-state index contributed by atoms with van der Waals surface area (Å²) in [6.45, 7) is 6.04. The second kappa shape index (κ2) is 9.26. The van der Waals surface area contributed by atoms with E-state index >= 15 is 0 Å². The fraction of sp³-hybridized carbons (Fsp3) is 0.280. The highest BCUT2D eigenvalue weighted by molar-refractivity contribution is 6.31. The number of nitrogens with two attached hydrogens (primary N) is 1. The number of hydrogen-bond donors (Lipinski definition) is 1. The van der Waals surface area contributed by atoms with Gasteiger partial charge >= 0.3 is 0 Å². The van der Waals surface area contributed by atoms with Crippen LogP contribution in [0.15, 0.2) is 65.3 Å². The molecule has 6 nitrogen and oxygen atoms in total. The predicted octanol–water partition coefficient (Wildman–Crippen LogP) is 5.56. The zero-order valence-corrected chi connectivity index (χ0v) is 19.2. The summed E-state index contributed by atoms with van der Waals surface area (Å²) in [5, 5.41) is 20.3. The number of nitrogens with zero attached hydrogens (tertiary/aromatic N) is 2. The second-order valence-corrected chi connectivity index (χ2v) is 8.73. The van der Waals surface area contributed by atoms with Gasteiger partial charge in [-0.3, -0.25) is 0 Å². The molecular weight excluding hydrogens is 426 g/mol. The minimum Gasteiger partial charge on any atom is -0.493 e. The normalized spacial score (nSPS) is 16.2. The molecule has 0 fully saturated rings. The van der Waals surface area contributed by atoms with Crippen LogP contribution in [0.3, 0.4) is 0 Å². The van der Waals surface area contributed by atoms with Crippen LogP contribution in [-0.2, 0) is 11.3 Å². The lowest BCUT2D eigenvalue weighted by Gasteiger charge is -2.32. The van der Waals surface area contributed by atoms with Gasteiger partial charge in [-0.05, 0) is 23.8 Å². The number of allylic oxidation sites excluding steroid dienone is 3. The van der Waals surface area contributed by atoms with Gasteiger partial charge in [0, 0.05) is 16.0 Å². The van der Waals surface area contributed by atoms with Gasteiger partial charge in [-0.15, -0.1) is 0 Å². The summed E-state index contributed by atoms with van der Waals surface area (Å²) in [5.74, 6) is 0.752. The summed E-state index contributed by atoms with van der Waals surface area (Å²) in [5.41, 5.74) is 7.64. The summed E-state index contributed by atoms with van der Waals surface area (Å²) in [4.78, 5) is 0. The first-order valence-electron chi connectivity index (χ1n) is 9.97. The van der Waals surface area contributed by atoms with Gasteiger partial charge in [-0.25, -0.2) is 0 Å². The molecule has 0 saturated heterocycles. The zero-order chi connectivity index (χ0) is 23.5. The fourth-order valence-electron chi connectivity index (χ4n) is 3.52. The largest absolute Gasteiger partial charge is 0.493 e. The van der Waals surface area contributed by atoms with Crippen molar-refractivity contribution in [3.05, 3.63) is 81.4 Å². The summed E-state index contributed by atoms with van der Waals surface area (Å²) in [6.07, 6.45) is 0. The third-order valence-electron chi connectivity index (χ3n) is 5.08. The van der Waals surface area contributed by atoms with Gasteiger partial charge in [0.1, 0.15) is 24.0 Å². The quantitative estimate of drug-likeness (QED) is 0.641. The maximum absolute atomic E-state index is 9.94. The Morgan fingerprint density at radius 1 is 1.06 bits per heavy atom. The first kappa shape index (κ1) is 23.1. The molecule has 164 valence electrons. The molecular formula is C25H24ClN3O3. The smallest absolute Gasteiger partial charge is 0.205 e. The minimum absolute atomic E-state index is 0.000521. The monoisotopic (exact) mass is 449 g/mol. The van der Waals surface area contributed by atoms with Crippen molar-refractivity contribution in [2.75, 3.05) is 7.11 Å². The first-order chi connectivity index (χ1) is 15.2. The Morgan fingerprint density at radius 3 is 2.34 bits per heavy atom. The number of halogens is 1. The van der Waals surface area contributed by atoms with E-state index in [0.29, 0.717) is 33.4 Å². The highest BCUT2D eigenvalue weighted by Gasteiger charge is 2.37. The van der Waals surface area contributed by atoms with E-state index in [9.17, 15) is 10.5 Å². The van der Waals surface area contributed by atoms with E-state index in [0.717, 1.165) is 5.56 Å². The van der Waals surface area contributed by atoms with Crippen molar-refractivity contribution in [3.8, 4) is 23.6 Å². The lowest BCUT2D eigenvalue weighted by molar-refractivity contribution is 0.199. The maximum Gasteiger partial charge on any atom is 0.205 e. The van der Waals surface area contributed by atoms with E-state index in [4.69, 9.17) is 31.5 Å². The lowest BCUT2D eigenvalue weighted by Crippen LogP contribution is -2.26. The molecule has 1 atom stereocenters. The van der Waals surface area contributed by atoms with Crippen molar-refractivity contribution in [1.29, 1.82) is 10.5 Å². The molecule has 2 N–H and O–H groups in total. The van der Waals surface area contributed by atoms with E-state index in [1.807, 2.05) is 39.0 Å². The Hall–Kier alpha value is -3.61. The lowest BCUT2D eigenvalue weighted by atomic mass is 9.79. The average Bonchev–Trinajstić information content (AvgIpc) is 2.77. The molecule has 1 unspecified atom stereocenters. The maximum atomic E-state index is 9.94. The molecule has 7 heteroatoms. The van der Waals surface area contributed by atoms with Gasteiger partial charge in [-0.2, -0.15) is 10.5 Å². The molecule has 1 aliphatic heterocycles. The van der Waals surface area contributed by atoms with E-state index in [1.165, 1.54) is 7.11 Å². The molecule has 0 aromatic heterocycles. The van der Waals surface area contributed by atoms with Crippen LogP contribution in [-0.4, -0.2) is 7.11 Å². The summed E-state index contributed by atoms with van der Waals surface area (Å²) in [6, 6.07) is 17.0. The van der Waals surface area contributed by atoms with Crippen molar-refractivity contribution in [2.24, 2.45) is 11.1 Å². The Bertz CT molecular complexity index is 1180. The van der Waals surface area contributed by atoms with E-state index in [2.05, 4.69) is 12.1 Å². The van der Waals surface area contributed by atoms with E-state index in [1.54, 1.807) is 24.3 Å². The fourth-order valence-corrected chi connectivity index (χ4v) is 3.71. The average molecular weight is 450 g/mol. The topological polar surface area (TPSA) is 101 Å². The van der Waals surface area contributed by atoms with Gasteiger partial charge < -0.3 is 19.9 Å². The van der Waals surface area contributed by atoms with Crippen molar-refractivity contribution < 1.29 is 14.2 Å². The Morgan fingerprint density at radius 2 is 1.75 bits per heavy atom. The van der Waals surface area contributed by atoms with Gasteiger partial charge in [-0.1, -0.05) is 56.6 Å². The number of benzene rings is 2. The van der Waals surface area contributed by atoms with Crippen molar-refractivity contribution in [2.45, 2.75) is 33.3 Å². The van der Waals surface area contributed by atoms with E-state index in [-0.39, 0.29) is 18.1 Å². The molecule has 0 radical (unpaired) electrons. The van der Waals surface area contributed by atoms with Crippen LogP contribution in [0.5, 0.6) is 11.5 Å². The van der Waals surface area contributed by atoms with Crippen molar-refractivity contribution in [3.63, 3.8) is 0 Å². The van der Waals surface area contributed by atoms with Crippen LogP contribution >= 0.6 is 11.6 Å². The highest BCUT2D eigenvalue weighted by Crippen LogP contribution is 2.45. The standard InChI is InChI=1S/C25H24ClN3O3/c1-25(2,3)23-17(12-27)22(18(13-28)24(29)32-23)15-9-10-20(21(11-15)30-4)31-14-16-7-5-6-8-19(16)26/h5-11,22H,14,29H2,1-4H3. The van der Waals surface area contributed by atoms with Gasteiger partial charge in [0.25, 0.3) is 0 Å². The molecule has 0 bridgehead atoms. The molecule has 0 spiro atoms. The SMILES string of the molecule is COc1cc(C2C(C#N)=C(N)OC(C(C)(C)C)=C2C#N)ccc1OCc1ccccc1Cl. The molecule has 0 aliphatic carbocycles. The number of ether oxygens (including phenoxy) is 3. The molecule has 2 aromatic rings. The third kappa shape index (κ3) is 4.51. The van der Waals surface area contributed by atoms with Crippen LogP contribution in [0, 0.1) is 28.1 Å². The van der Waals surface area contributed by atoms with Crippen LogP contribution in [0.4, 0.5) is 0 Å².